The lowest BCUT2D eigenvalue weighted by Crippen LogP contribution is -2.41. The molecule has 1 aliphatic heterocycles. The van der Waals surface area contributed by atoms with E-state index in [2.05, 4.69) is 5.32 Å². The van der Waals surface area contributed by atoms with Gasteiger partial charge in [0.15, 0.2) is 0 Å². The number of rotatable bonds is 5. The molecule has 1 fully saturated rings. The fourth-order valence-corrected chi connectivity index (χ4v) is 2.17. The van der Waals surface area contributed by atoms with E-state index in [4.69, 9.17) is 9.84 Å². The van der Waals surface area contributed by atoms with E-state index in [1.54, 1.807) is 12.0 Å². The third kappa shape index (κ3) is 3.87. The van der Waals surface area contributed by atoms with Crippen molar-refractivity contribution in [3.8, 4) is 0 Å². The number of amides is 2. The Morgan fingerprint density at radius 3 is 2.67 bits per heavy atom. The lowest BCUT2D eigenvalue weighted by atomic mass is 9.99. The second-order valence-corrected chi connectivity index (χ2v) is 5.07. The number of ether oxygens (including phenoxy) is 1. The first-order valence-corrected chi connectivity index (χ1v) is 6.20. The molecule has 0 bridgehead atoms. The van der Waals surface area contributed by atoms with E-state index in [0.717, 1.165) is 0 Å². The molecule has 6 heteroatoms. The fraction of sp³-hybridized carbons (Fsp3) is 0.833. The van der Waals surface area contributed by atoms with Gasteiger partial charge in [0.1, 0.15) is 0 Å². The van der Waals surface area contributed by atoms with E-state index < -0.39 is 11.9 Å². The van der Waals surface area contributed by atoms with Crippen LogP contribution in [0.15, 0.2) is 0 Å². The molecule has 0 radical (unpaired) electrons. The molecule has 0 spiro atoms. The highest BCUT2D eigenvalue weighted by Gasteiger charge is 2.36. The maximum Gasteiger partial charge on any atom is 0.317 e. The average molecular weight is 258 g/mol. The first-order chi connectivity index (χ1) is 8.45. The molecule has 1 saturated heterocycles. The van der Waals surface area contributed by atoms with Gasteiger partial charge < -0.3 is 20.1 Å². The lowest BCUT2D eigenvalue weighted by molar-refractivity contribution is -0.142. The minimum Gasteiger partial charge on any atom is -0.481 e. The SMILES string of the molecule is COCC(C)CNC(=O)N1CC(C)C(C(=O)O)C1. The van der Waals surface area contributed by atoms with E-state index in [1.807, 2.05) is 13.8 Å². The van der Waals surface area contributed by atoms with Crippen LogP contribution >= 0.6 is 0 Å². The van der Waals surface area contributed by atoms with Crippen LogP contribution < -0.4 is 5.32 Å². The Morgan fingerprint density at radius 1 is 1.50 bits per heavy atom. The van der Waals surface area contributed by atoms with E-state index >= 15 is 0 Å². The van der Waals surface area contributed by atoms with Crippen molar-refractivity contribution in [2.45, 2.75) is 13.8 Å². The zero-order valence-corrected chi connectivity index (χ0v) is 11.2. The van der Waals surface area contributed by atoms with Crippen molar-refractivity contribution in [2.24, 2.45) is 17.8 Å². The van der Waals surface area contributed by atoms with E-state index in [0.29, 0.717) is 26.2 Å². The highest BCUT2D eigenvalue weighted by Crippen LogP contribution is 2.22. The molecule has 1 aliphatic rings. The van der Waals surface area contributed by atoms with E-state index in [9.17, 15) is 9.59 Å². The lowest BCUT2D eigenvalue weighted by Gasteiger charge is -2.18. The molecule has 0 saturated carbocycles. The summed E-state index contributed by atoms with van der Waals surface area (Å²) in [5.41, 5.74) is 0. The number of methoxy groups -OCH3 is 1. The van der Waals surface area contributed by atoms with Gasteiger partial charge in [-0.15, -0.1) is 0 Å². The number of carbonyl (C=O) groups is 2. The van der Waals surface area contributed by atoms with Gasteiger partial charge in [-0.2, -0.15) is 0 Å². The molecule has 0 aromatic rings. The van der Waals surface area contributed by atoms with Gasteiger partial charge in [0, 0.05) is 26.7 Å². The number of aliphatic carboxylic acids is 1. The monoisotopic (exact) mass is 258 g/mol. The topological polar surface area (TPSA) is 78.9 Å². The van der Waals surface area contributed by atoms with Gasteiger partial charge >= 0.3 is 12.0 Å². The number of likely N-dealkylation sites (tertiary alicyclic amines) is 1. The number of hydrogen-bond donors (Lipinski definition) is 2. The quantitative estimate of drug-likeness (QED) is 0.758. The van der Waals surface area contributed by atoms with Crippen LogP contribution in [0.25, 0.3) is 0 Å². The second-order valence-electron chi connectivity index (χ2n) is 5.07. The van der Waals surface area contributed by atoms with Crippen LogP contribution in [0.1, 0.15) is 13.8 Å². The van der Waals surface area contributed by atoms with Crippen molar-refractivity contribution in [3.05, 3.63) is 0 Å². The summed E-state index contributed by atoms with van der Waals surface area (Å²) in [6.45, 7) is 5.77. The number of nitrogens with one attached hydrogen (secondary N) is 1. The van der Waals surface area contributed by atoms with Crippen molar-refractivity contribution in [1.29, 1.82) is 0 Å². The van der Waals surface area contributed by atoms with Crippen molar-refractivity contribution >= 4 is 12.0 Å². The number of urea groups is 1. The van der Waals surface area contributed by atoms with Crippen LogP contribution in [0, 0.1) is 17.8 Å². The largest absolute Gasteiger partial charge is 0.481 e. The number of carbonyl (C=O) groups excluding carboxylic acids is 1. The standard InChI is InChI=1S/C12H22N2O4/c1-8(7-18-3)4-13-12(17)14-5-9(2)10(6-14)11(15)16/h8-10H,4-7H2,1-3H3,(H,13,17)(H,15,16). The van der Waals surface area contributed by atoms with Crippen molar-refractivity contribution in [1.82, 2.24) is 10.2 Å². The summed E-state index contributed by atoms with van der Waals surface area (Å²) < 4.78 is 4.98. The summed E-state index contributed by atoms with van der Waals surface area (Å²) >= 11 is 0. The molecule has 2 N–H and O–H groups in total. The molecule has 104 valence electrons. The van der Waals surface area contributed by atoms with Gasteiger partial charge in [-0.25, -0.2) is 4.79 Å². The highest BCUT2D eigenvalue weighted by atomic mass is 16.5. The number of carboxylic acid groups (broad SMARTS) is 1. The summed E-state index contributed by atoms with van der Waals surface area (Å²) in [7, 11) is 1.62. The van der Waals surface area contributed by atoms with Gasteiger partial charge in [-0.05, 0) is 11.8 Å². The van der Waals surface area contributed by atoms with Crippen molar-refractivity contribution < 1.29 is 19.4 Å². The second kappa shape index (κ2) is 6.58. The van der Waals surface area contributed by atoms with Crippen LogP contribution in [0.5, 0.6) is 0 Å². The average Bonchev–Trinajstić information content (AvgIpc) is 2.69. The summed E-state index contributed by atoms with van der Waals surface area (Å²) in [6, 6.07) is -0.187. The molecule has 3 atom stereocenters. The third-order valence-electron chi connectivity index (χ3n) is 3.27. The van der Waals surface area contributed by atoms with Crippen LogP contribution in [-0.2, 0) is 9.53 Å². The first kappa shape index (κ1) is 14.8. The van der Waals surface area contributed by atoms with E-state index in [1.165, 1.54) is 0 Å². The Kier molecular flexibility index (Phi) is 5.40. The normalized spacial score (nSPS) is 24.9. The molecule has 0 aliphatic carbocycles. The smallest absolute Gasteiger partial charge is 0.317 e. The first-order valence-electron chi connectivity index (χ1n) is 6.20. The molecule has 18 heavy (non-hydrogen) atoms. The minimum absolute atomic E-state index is 0.00430. The molecule has 2 amide bonds. The van der Waals surface area contributed by atoms with Crippen molar-refractivity contribution in [3.63, 3.8) is 0 Å². The summed E-state index contributed by atoms with van der Waals surface area (Å²) in [4.78, 5) is 24.4. The Morgan fingerprint density at radius 2 is 2.17 bits per heavy atom. The molecule has 0 aromatic heterocycles. The van der Waals surface area contributed by atoms with Gasteiger partial charge in [-0.3, -0.25) is 4.79 Å². The highest BCUT2D eigenvalue weighted by molar-refractivity contribution is 5.77. The number of nitrogens with zero attached hydrogens (tertiary/aromatic N) is 1. The zero-order valence-electron chi connectivity index (χ0n) is 11.2. The third-order valence-corrected chi connectivity index (χ3v) is 3.27. The molecular weight excluding hydrogens is 236 g/mol. The minimum atomic E-state index is -0.828. The van der Waals surface area contributed by atoms with Gasteiger partial charge in [0.2, 0.25) is 0 Å². The Hall–Kier alpha value is -1.30. The van der Waals surface area contributed by atoms with Gasteiger partial charge in [0.25, 0.3) is 0 Å². The zero-order chi connectivity index (χ0) is 13.7. The van der Waals surface area contributed by atoms with Crippen LogP contribution in [0.3, 0.4) is 0 Å². The predicted octanol–water partition coefficient (Wildman–Crippen LogP) is 0.631. The Labute approximate surface area is 107 Å². The Bertz CT molecular complexity index is 308. The van der Waals surface area contributed by atoms with Gasteiger partial charge in [-0.1, -0.05) is 13.8 Å². The van der Waals surface area contributed by atoms with Crippen LogP contribution in [-0.4, -0.2) is 55.4 Å². The maximum absolute atomic E-state index is 11.8. The van der Waals surface area contributed by atoms with Crippen LogP contribution in [0.2, 0.25) is 0 Å². The molecule has 0 aromatic carbocycles. The van der Waals surface area contributed by atoms with E-state index in [-0.39, 0.29) is 17.9 Å². The molecule has 6 nitrogen and oxygen atoms in total. The molecule has 1 rings (SSSR count). The Balaban J connectivity index is 2.38. The van der Waals surface area contributed by atoms with Gasteiger partial charge in [0.05, 0.1) is 12.5 Å². The molecule has 3 unspecified atom stereocenters. The maximum atomic E-state index is 11.8. The summed E-state index contributed by atoms with van der Waals surface area (Å²) in [6.07, 6.45) is 0. The fourth-order valence-electron chi connectivity index (χ4n) is 2.17. The number of hydrogen-bond acceptors (Lipinski definition) is 3. The van der Waals surface area contributed by atoms with Crippen molar-refractivity contribution in [2.75, 3.05) is 33.4 Å². The molecule has 1 heterocycles. The number of carboxylic acids is 1. The predicted molar refractivity (Wildman–Crippen MR) is 66.3 cm³/mol. The summed E-state index contributed by atoms with van der Waals surface area (Å²) in [5, 5.41) is 11.8. The summed E-state index contributed by atoms with van der Waals surface area (Å²) in [5.74, 6) is -1.03. The van der Waals surface area contributed by atoms with Crippen LogP contribution in [0.4, 0.5) is 4.79 Å². The molecular formula is C12H22N2O4.